The fourth-order valence-electron chi connectivity index (χ4n) is 3.44. The van der Waals surface area contributed by atoms with E-state index in [2.05, 4.69) is 4.98 Å². The van der Waals surface area contributed by atoms with Gasteiger partial charge in [0.1, 0.15) is 29.2 Å². The summed E-state index contributed by atoms with van der Waals surface area (Å²) in [5, 5.41) is 9.45. The summed E-state index contributed by atoms with van der Waals surface area (Å²) in [6, 6.07) is 7.12. The van der Waals surface area contributed by atoms with Crippen molar-refractivity contribution in [3.63, 3.8) is 0 Å². The van der Waals surface area contributed by atoms with Gasteiger partial charge in [-0.05, 0) is 49.7 Å². The molecule has 0 unspecified atom stereocenters. The monoisotopic (exact) mass is 416 g/mol. The Morgan fingerprint density at radius 2 is 2.21 bits per heavy atom. The number of amides is 1. The number of benzene rings is 1. The first-order valence-electron chi connectivity index (χ1n) is 8.68. The number of fused-ring (bicyclic) bond motifs is 1. The molecule has 2 fully saturated rings. The summed E-state index contributed by atoms with van der Waals surface area (Å²) < 4.78 is 20.4. The summed E-state index contributed by atoms with van der Waals surface area (Å²) in [4.78, 5) is 19.9. The number of carbonyl (C=O) groups excluding carboxylic acids is 1. The highest BCUT2D eigenvalue weighted by atomic mass is 35.5. The number of rotatable bonds is 3. The second-order valence-electron chi connectivity index (χ2n) is 6.47. The van der Waals surface area contributed by atoms with Crippen molar-refractivity contribution in [2.24, 2.45) is 0 Å². The molecule has 0 saturated carbocycles. The van der Waals surface area contributed by atoms with Crippen molar-refractivity contribution in [2.45, 2.75) is 25.3 Å². The van der Waals surface area contributed by atoms with E-state index in [1.54, 1.807) is 6.07 Å². The van der Waals surface area contributed by atoms with Gasteiger partial charge in [0.15, 0.2) is 5.11 Å². The van der Waals surface area contributed by atoms with Crippen LogP contribution in [0.25, 0.3) is 0 Å². The lowest BCUT2D eigenvalue weighted by Gasteiger charge is -2.27. The summed E-state index contributed by atoms with van der Waals surface area (Å²) in [7, 11) is 0. The summed E-state index contributed by atoms with van der Waals surface area (Å²) in [5.41, 5.74) is 0.174. The number of ether oxygens (including phenoxy) is 1. The number of carbonyl (C=O) groups is 1. The van der Waals surface area contributed by atoms with Crippen molar-refractivity contribution in [3.05, 3.63) is 46.9 Å². The Bertz CT molecular complexity index is 1000. The summed E-state index contributed by atoms with van der Waals surface area (Å²) in [5.74, 6) is -0.826. The van der Waals surface area contributed by atoms with Crippen LogP contribution in [0.5, 0.6) is 11.6 Å². The van der Waals surface area contributed by atoms with Crippen molar-refractivity contribution in [2.75, 3.05) is 11.4 Å². The number of halogens is 2. The third-order valence-corrected chi connectivity index (χ3v) is 5.50. The van der Waals surface area contributed by atoms with E-state index in [1.807, 2.05) is 11.0 Å². The SMILES string of the molecule is N#Cc1cccnc1Oc1cc(N2C(=O)[C@H]3CCCCN3C2=S)c(F)cc1Cl. The zero-order valence-corrected chi connectivity index (χ0v) is 16.1. The zero-order valence-electron chi connectivity index (χ0n) is 14.6. The van der Waals surface area contributed by atoms with Crippen LogP contribution in [0.15, 0.2) is 30.5 Å². The van der Waals surface area contributed by atoms with Gasteiger partial charge >= 0.3 is 0 Å². The maximum absolute atomic E-state index is 14.7. The lowest BCUT2D eigenvalue weighted by Crippen LogP contribution is -2.38. The molecule has 142 valence electrons. The van der Waals surface area contributed by atoms with E-state index >= 15 is 0 Å². The molecule has 0 bridgehead atoms. The third kappa shape index (κ3) is 3.07. The highest BCUT2D eigenvalue weighted by molar-refractivity contribution is 7.80. The van der Waals surface area contributed by atoms with Gasteiger partial charge in [0.2, 0.25) is 5.88 Å². The average molecular weight is 417 g/mol. The molecule has 4 rings (SSSR count). The predicted molar refractivity (Wildman–Crippen MR) is 105 cm³/mol. The number of nitrogens with zero attached hydrogens (tertiary/aromatic N) is 4. The van der Waals surface area contributed by atoms with Crippen LogP contribution in [0, 0.1) is 17.1 Å². The molecule has 0 radical (unpaired) electrons. The second kappa shape index (κ2) is 7.34. The van der Waals surface area contributed by atoms with E-state index in [-0.39, 0.29) is 45.0 Å². The number of pyridine rings is 1. The van der Waals surface area contributed by atoms with Gasteiger partial charge in [0.25, 0.3) is 5.91 Å². The van der Waals surface area contributed by atoms with Crippen molar-refractivity contribution in [1.29, 1.82) is 5.26 Å². The molecular formula is C19H14ClFN4O2S. The van der Waals surface area contributed by atoms with Crippen molar-refractivity contribution in [1.82, 2.24) is 9.88 Å². The van der Waals surface area contributed by atoms with Crippen molar-refractivity contribution >= 4 is 40.5 Å². The lowest BCUT2D eigenvalue weighted by molar-refractivity contribution is -0.120. The summed E-state index contributed by atoms with van der Waals surface area (Å²) in [6.45, 7) is 0.670. The minimum atomic E-state index is -0.686. The van der Waals surface area contributed by atoms with E-state index in [1.165, 1.54) is 23.2 Å². The highest BCUT2D eigenvalue weighted by Gasteiger charge is 2.45. The minimum Gasteiger partial charge on any atom is -0.436 e. The van der Waals surface area contributed by atoms with Gasteiger partial charge in [-0.25, -0.2) is 9.37 Å². The Morgan fingerprint density at radius 1 is 1.39 bits per heavy atom. The molecule has 0 aliphatic carbocycles. The number of thiocarbonyl (C=S) groups is 1. The highest BCUT2D eigenvalue weighted by Crippen LogP contribution is 2.38. The zero-order chi connectivity index (χ0) is 19.8. The largest absolute Gasteiger partial charge is 0.436 e. The van der Waals surface area contributed by atoms with Gasteiger partial charge in [0.05, 0.1) is 10.7 Å². The Morgan fingerprint density at radius 3 is 2.96 bits per heavy atom. The maximum atomic E-state index is 14.7. The van der Waals surface area contributed by atoms with Crippen LogP contribution in [0.2, 0.25) is 5.02 Å². The molecular weight excluding hydrogens is 403 g/mol. The smallest absolute Gasteiger partial charge is 0.256 e. The van der Waals surface area contributed by atoms with Crippen LogP contribution >= 0.6 is 23.8 Å². The van der Waals surface area contributed by atoms with E-state index < -0.39 is 5.82 Å². The van der Waals surface area contributed by atoms with Crippen LogP contribution in [0.1, 0.15) is 24.8 Å². The molecule has 0 spiro atoms. The van der Waals surface area contributed by atoms with Crippen LogP contribution in [0.4, 0.5) is 10.1 Å². The van der Waals surface area contributed by atoms with Crippen molar-refractivity contribution < 1.29 is 13.9 Å². The number of hydrogen-bond donors (Lipinski definition) is 0. The minimum absolute atomic E-state index is 0.00826. The molecule has 2 aliphatic rings. The number of nitriles is 1. The molecule has 2 aromatic rings. The van der Waals surface area contributed by atoms with Gasteiger partial charge in [0, 0.05) is 18.8 Å². The second-order valence-corrected chi connectivity index (χ2v) is 7.24. The summed E-state index contributed by atoms with van der Waals surface area (Å²) >= 11 is 11.6. The lowest BCUT2D eigenvalue weighted by atomic mass is 10.0. The van der Waals surface area contributed by atoms with Gasteiger partial charge in [-0.1, -0.05) is 11.6 Å². The maximum Gasteiger partial charge on any atom is 0.256 e. The van der Waals surface area contributed by atoms with Crippen LogP contribution in [-0.2, 0) is 4.79 Å². The normalized spacial score (nSPS) is 18.8. The molecule has 1 atom stereocenters. The fourth-order valence-corrected chi connectivity index (χ4v) is 4.04. The Labute approximate surface area is 171 Å². The number of piperidine rings is 1. The molecule has 0 N–H and O–H groups in total. The number of aromatic nitrogens is 1. The van der Waals surface area contributed by atoms with Crippen LogP contribution in [0.3, 0.4) is 0 Å². The third-order valence-electron chi connectivity index (χ3n) is 4.79. The first-order chi connectivity index (χ1) is 13.5. The quantitative estimate of drug-likeness (QED) is 0.704. The molecule has 1 amide bonds. The molecule has 2 saturated heterocycles. The van der Waals surface area contributed by atoms with Crippen LogP contribution < -0.4 is 9.64 Å². The molecule has 1 aromatic carbocycles. The summed E-state index contributed by atoms with van der Waals surface area (Å²) in [6.07, 6.45) is 4.02. The number of hydrogen-bond acceptors (Lipinski definition) is 5. The van der Waals surface area contributed by atoms with E-state index in [4.69, 9.17) is 28.6 Å². The molecule has 9 heteroatoms. The Hall–Kier alpha value is -2.76. The first-order valence-corrected chi connectivity index (χ1v) is 9.46. The van der Waals surface area contributed by atoms with Gasteiger partial charge in [-0.2, -0.15) is 5.26 Å². The van der Waals surface area contributed by atoms with Gasteiger partial charge < -0.3 is 9.64 Å². The Balaban J connectivity index is 1.73. The average Bonchev–Trinajstić information content (AvgIpc) is 2.95. The molecule has 2 aliphatic heterocycles. The van der Waals surface area contributed by atoms with Crippen LogP contribution in [-0.4, -0.2) is 33.5 Å². The van der Waals surface area contributed by atoms with E-state index in [0.29, 0.717) is 13.0 Å². The predicted octanol–water partition coefficient (Wildman–Crippen LogP) is 4.02. The van der Waals surface area contributed by atoms with Gasteiger partial charge in [-0.15, -0.1) is 0 Å². The standard InChI is InChI=1S/C19H14ClFN4O2S/c20-12-8-13(21)15(9-16(12)27-17-11(10-22)4-3-6-23-17)25-18(26)14-5-1-2-7-24(14)19(25)28/h3-4,6,8-9,14H,1-2,5,7H2/t14-/m1/s1. The van der Waals surface area contributed by atoms with E-state index in [0.717, 1.165) is 18.9 Å². The number of anilines is 1. The fraction of sp³-hybridized carbons (Fsp3) is 0.263. The molecule has 3 heterocycles. The molecule has 28 heavy (non-hydrogen) atoms. The van der Waals surface area contributed by atoms with E-state index in [9.17, 15) is 14.4 Å². The van der Waals surface area contributed by atoms with Gasteiger partial charge in [-0.3, -0.25) is 9.69 Å². The first kappa shape index (κ1) is 18.6. The topological polar surface area (TPSA) is 69.5 Å². The molecule has 6 nitrogen and oxygen atoms in total. The Kier molecular flexibility index (Phi) is 4.87. The van der Waals surface area contributed by atoms with Crippen molar-refractivity contribution in [3.8, 4) is 17.7 Å². The molecule has 1 aromatic heterocycles.